The summed E-state index contributed by atoms with van der Waals surface area (Å²) in [6, 6.07) is 9.78. The minimum Gasteiger partial charge on any atom is -0.505 e. The van der Waals surface area contributed by atoms with Crippen LogP contribution in [0.5, 0.6) is 0 Å². The van der Waals surface area contributed by atoms with Crippen molar-refractivity contribution >= 4 is 6.09 Å². The first kappa shape index (κ1) is 18.4. The van der Waals surface area contributed by atoms with Gasteiger partial charge in [0.25, 0.3) is 0 Å². The van der Waals surface area contributed by atoms with Crippen LogP contribution in [0.4, 0.5) is 4.79 Å². The third kappa shape index (κ3) is 6.26. The van der Waals surface area contributed by atoms with Crippen LogP contribution >= 0.6 is 0 Å². The Balaban J connectivity index is 1.63. The average molecular weight is 331 g/mol. The zero-order chi connectivity index (χ0) is 17.2. The second-order valence-corrected chi connectivity index (χ2v) is 6.60. The first-order valence-electron chi connectivity index (χ1n) is 8.80. The number of carbonyl (C=O) groups excluding carboxylic acids is 1. The number of hydrogen-bond acceptors (Lipinski definition) is 3. The van der Waals surface area contributed by atoms with Gasteiger partial charge in [-0.05, 0) is 55.6 Å². The van der Waals surface area contributed by atoms with Gasteiger partial charge in [0.15, 0.2) is 0 Å². The van der Waals surface area contributed by atoms with E-state index in [0.29, 0.717) is 18.4 Å². The summed E-state index contributed by atoms with van der Waals surface area (Å²) < 4.78 is 10.3. The van der Waals surface area contributed by atoms with E-state index in [-0.39, 0.29) is 6.09 Å². The fourth-order valence-electron chi connectivity index (χ4n) is 3.16. The molecule has 2 rings (SSSR count). The molecule has 1 fully saturated rings. The smallest absolute Gasteiger partial charge is 0.409 e. The number of nitrogens with zero attached hydrogens (tertiary/aromatic N) is 1. The van der Waals surface area contributed by atoms with Gasteiger partial charge in [0.2, 0.25) is 0 Å². The fourth-order valence-corrected chi connectivity index (χ4v) is 3.16. The number of amides is 1. The second kappa shape index (κ2) is 10.0. The minimum atomic E-state index is -0.240. The maximum Gasteiger partial charge on any atom is 0.409 e. The molecule has 0 bridgehead atoms. The van der Waals surface area contributed by atoms with Gasteiger partial charge in [-0.15, -0.1) is 0 Å². The van der Waals surface area contributed by atoms with Gasteiger partial charge in [0.05, 0.1) is 13.4 Å². The van der Waals surface area contributed by atoms with Crippen LogP contribution in [0.25, 0.3) is 0 Å². The quantitative estimate of drug-likeness (QED) is 0.685. The van der Waals surface area contributed by atoms with Crippen LogP contribution in [-0.4, -0.2) is 31.7 Å². The number of ether oxygens (including phenoxy) is 2. The predicted molar refractivity (Wildman–Crippen MR) is 95.5 cm³/mol. The Labute approximate surface area is 145 Å². The molecule has 132 valence electrons. The summed E-state index contributed by atoms with van der Waals surface area (Å²) in [6.07, 6.45) is 9.66. The molecular weight excluding hydrogens is 302 g/mol. The predicted octanol–water partition coefficient (Wildman–Crippen LogP) is 4.61. The van der Waals surface area contributed by atoms with Crippen molar-refractivity contribution in [3.63, 3.8) is 0 Å². The summed E-state index contributed by atoms with van der Waals surface area (Å²) in [5, 5.41) is 0. The van der Waals surface area contributed by atoms with Crippen molar-refractivity contribution in [3.05, 3.63) is 48.2 Å². The molecule has 1 aromatic rings. The first-order chi connectivity index (χ1) is 11.7. The Morgan fingerprint density at radius 3 is 2.58 bits per heavy atom. The molecule has 1 saturated carbocycles. The number of hydrogen-bond donors (Lipinski definition) is 0. The lowest BCUT2D eigenvalue weighted by molar-refractivity contribution is 0.101. The largest absolute Gasteiger partial charge is 0.505 e. The van der Waals surface area contributed by atoms with Crippen molar-refractivity contribution in [1.82, 2.24) is 4.90 Å². The van der Waals surface area contributed by atoms with Gasteiger partial charge in [-0.3, -0.25) is 0 Å². The zero-order valence-corrected chi connectivity index (χ0v) is 14.8. The van der Waals surface area contributed by atoms with Gasteiger partial charge >= 0.3 is 6.09 Å². The third-order valence-electron chi connectivity index (χ3n) is 4.77. The number of allylic oxidation sites excluding steroid dienone is 1. The standard InChI is InChI=1S/C20H29NO3/c1-21(20(22)24-16-19-6-4-3-5-7-19)14-12-17-8-10-18(11-9-17)13-15-23-2/h3-7,13,15,17-18H,8-12,14,16H2,1-2H3. The highest BCUT2D eigenvalue weighted by Gasteiger charge is 2.20. The topological polar surface area (TPSA) is 38.8 Å². The van der Waals surface area contributed by atoms with Crippen molar-refractivity contribution in [1.29, 1.82) is 0 Å². The maximum absolute atomic E-state index is 12.0. The average Bonchev–Trinajstić information content (AvgIpc) is 2.64. The van der Waals surface area contributed by atoms with Crippen molar-refractivity contribution in [3.8, 4) is 0 Å². The van der Waals surface area contributed by atoms with Crippen molar-refractivity contribution in [2.24, 2.45) is 11.8 Å². The van der Waals surface area contributed by atoms with Gasteiger partial charge in [-0.1, -0.05) is 30.3 Å². The van der Waals surface area contributed by atoms with Crippen LogP contribution in [0.1, 0.15) is 37.7 Å². The van der Waals surface area contributed by atoms with Gasteiger partial charge in [0.1, 0.15) is 6.61 Å². The summed E-state index contributed by atoms with van der Waals surface area (Å²) in [5.74, 6) is 1.36. The molecule has 0 unspecified atom stereocenters. The lowest BCUT2D eigenvalue weighted by Crippen LogP contribution is -2.30. The van der Waals surface area contributed by atoms with Crippen molar-refractivity contribution in [2.75, 3.05) is 20.7 Å². The SMILES string of the molecule is COC=CC1CCC(CCN(C)C(=O)OCc2ccccc2)CC1. The maximum atomic E-state index is 12.0. The highest BCUT2D eigenvalue weighted by Crippen LogP contribution is 2.31. The van der Waals surface area contributed by atoms with E-state index in [0.717, 1.165) is 18.5 Å². The van der Waals surface area contributed by atoms with E-state index in [2.05, 4.69) is 6.08 Å². The summed E-state index contributed by atoms with van der Waals surface area (Å²) in [4.78, 5) is 13.7. The molecule has 24 heavy (non-hydrogen) atoms. The molecule has 1 aliphatic rings. The van der Waals surface area contributed by atoms with E-state index in [1.807, 2.05) is 37.4 Å². The zero-order valence-electron chi connectivity index (χ0n) is 14.8. The number of carbonyl (C=O) groups is 1. The molecule has 0 aliphatic heterocycles. The molecule has 0 spiro atoms. The molecule has 0 atom stereocenters. The molecule has 1 amide bonds. The Morgan fingerprint density at radius 2 is 1.92 bits per heavy atom. The van der Waals surface area contributed by atoms with Crippen molar-refractivity contribution < 1.29 is 14.3 Å². The highest BCUT2D eigenvalue weighted by atomic mass is 16.6. The highest BCUT2D eigenvalue weighted by molar-refractivity contribution is 5.67. The first-order valence-corrected chi connectivity index (χ1v) is 8.80. The molecule has 1 aromatic carbocycles. The van der Waals surface area contributed by atoms with E-state index >= 15 is 0 Å². The van der Waals surface area contributed by atoms with E-state index < -0.39 is 0 Å². The van der Waals surface area contributed by atoms with Crippen LogP contribution in [-0.2, 0) is 16.1 Å². The molecule has 4 nitrogen and oxygen atoms in total. The summed E-state index contributed by atoms with van der Waals surface area (Å²) in [7, 11) is 3.51. The molecule has 0 heterocycles. The van der Waals surface area contributed by atoms with Crippen LogP contribution in [0.3, 0.4) is 0 Å². The van der Waals surface area contributed by atoms with Gasteiger partial charge in [0, 0.05) is 13.6 Å². The van der Waals surface area contributed by atoms with Crippen molar-refractivity contribution in [2.45, 2.75) is 38.7 Å². The molecule has 0 radical (unpaired) electrons. The molecule has 0 saturated heterocycles. The number of rotatable bonds is 7. The Morgan fingerprint density at radius 1 is 1.21 bits per heavy atom. The van der Waals surface area contributed by atoms with E-state index in [9.17, 15) is 4.79 Å². The van der Waals surface area contributed by atoms with E-state index in [1.54, 1.807) is 18.3 Å². The molecule has 4 heteroatoms. The van der Waals surface area contributed by atoms with E-state index in [1.165, 1.54) is 25.7 Å². The fraction of sp³-hybridized carbons (Fsp3) is 0.550. The second-order valence-electron chi connectivity index (χ2n) is 6.60. The minimum absolute atomic E-state index is 0.240. The van der Waals surface area contributed by atoms with Crippen LogP contribution in [0, 0.1) is 11.8 Å². The molecule has 1 aliphatic carbocycles. The van der Waals surface area contributed by atoms with E-state index in [4.69, 9.17) is 9.47 Å². The summed E-state index contributed by atoms with van der Waals surface area (Å²) >= 11 is 0. The monoisotopic (exact) mass is 331 g/mol. The summed E-state index contributed by atoms with van der Waals surface area (Å²) in [6.45, 7) is 1.10. The molecule has 0 N–H and O–H groups in total. The molecule has 0 aromatic heterocycles. The lowest BCUT2D eigenvalue weighted by atomic mass is 9.80. The van der Waals surface area contributed by atoms with Gasteiger partial charge < -0.3 is 14.4 Å². The van der Waals surface area contributed by atoms with Crippen LogP contribution in [0.2, 0.25) is 0 Å². The normalized spacial score (nSPS) is 20.8. The van der Waals surface area contributed by atoms with Gasteiger partial charge in [-0.2, -0.15) is 0 Å². The lowest BCUT2D eigenvalue weighted by Gasteiger charge is -2.28. The number of methoxy groups -OCH3 is 1. The Hall–Kier alpha value is -1.97. The van der Waals surface area contributed by atoms with Gasteiger partial charge in [-0.25, -0.2) is 4.79 Å². The summed E-state index contributed by atoms with van der Waals surface area (Å²) in [5.41, 5.74) is 1.02. The van der Waals surface area contributed by atoms with Crippen LogP contribution < -0.4 is 0 Å². The number of benzene rings is 1. The van der Waals surface area contributed by atoms with Crippen LogP contribution in [0.15, 0.2) is 42.7 Å². The Kier molecular flexibility index (Phi) is 7.66. The third-order valence-corrected chi connectivity index (χ3v) is 4.77. The Bertz CT molecular complexity index is 507. The molecular formula is C20H29NO3.